The van der Waals surface area contributed by atoms with Gasteiger partial charge in [-0.2, -0.15) is 0 Å². The molecule has 0 rings (SSSR count). The molecule has 0 amide bonds. The fourth-order valence-corrected chi connectivity index (χ4v) is 1.08. The molecular weight excluding hydrogens is 208 g/mol. The van der Waals surface area contributed by atoms with Gasteiger partial charge in [-0.1, -0.05) is 13.3 Å². The lowest BCUT2D eigenvalue weighted by molar-refractivity contribution is -0.139. The van der Waals surface area contributed by atoms with E-state index in [1.165, 1.54) is 0 Å². The van der Waals surface area contributed by atoms with E-state index in [0.717, 1.165) is 6.42 Å². The van der Waals surface area contributed by atoms with Crippen molar-refractivity contribution in [2.24, 2.45) is 0 Å². The minimum Gasteiger partial charge on any atom is -0.480 e. The molecule has 90 valence electrons. The van der Waals surface area contributed by atoms with Crippen LogP contribution in [0.1, 0.15) is 19.8 Å². The minimum absolute atomic E-state index is 0.0951. The number of halogens is 2. The molecule has 0 saturated carbocycles. The Balaban J connectivity index is 3.49. The Morgan fingerprint density at radius 1 is 1.53 bits per heavy atom. The van der Waals surface area contributed by atoms with E-state index in [2.05, 4.69) is 10.1 Å². The normalized spacial score (nSPS) is 13.1. The van der Waals surface area contributed by atoms with Crippen LogP contribution in [-0.2, 0) is 9.53 Å². The van der Waals surface area contributed by atoms with Gasteiger partial charge in [0.2, 0.25) is 0 Å². The summed E-state index contributed by atoms with van der Waals surface area (Å²) in [6, 6.07) is -0.620. The molecule has 0 saturated heterocycles. The number of carboxylic acids is 1. The van der Waals surface area contributed by atoms with Crippen LogP contribution in [0.5, 0.6) is 0 Å². The molecule has 0 bridgehead atoms. The van der Waals surface area contributed by atoms with E-state index in [4.69, 9.17) is 5.11 Å². The second kappa shape index (κ2) is 8.55. The van der Waals surface area contributed by atoms with Crippen LogP contribution < -0.4 is 5.32 Å². The van der Waals surface area contributed by atoms with Crippen LogP contribution in [0, 0.1) is 0 Å². The molecule has 0 fully saturated rings. The SMILES string of the molecule is CCCC(NCCOCC(F)F)C(=O)O. The highest BCUT2D eigenvalue weighted by atomic mass is 19.3. The molecule has 0 heterocycles. The fraction of sp³-hybridized carbons (Fsp3) is 0.889. The largest absolute Gasteiger partial charge is 0.480 e. The molecule has 0 aliphatic carbocycles. The Morgan fingerprint density at radius 2 is 2.20 bits per heavy atom. The van der Waals surface area contributed by atoms with E-state index in [-0.39, 0.29) is 13.2 Å². The van der Waals surface area contributed by atoms with E-state index in [0.29, 0.717) is 6.42 Å². The predicted molar refractivity (Wildman–Crippen MR) is 51.2 cm³/mol. The lowest BCUT2D eigenvalue weighted by Gasteiger charge is -2.13. The van der Waals surface area contributed by atoms with Gasteiger partial charge in [-0.3, -0.25) is 4.79 Å². The van der Waals surface area contributed by atoms with E-state index in [1.807, 2.05) is 6.92 Å². The second-order valence-corrected chi connectivity index (χ2v) is 3.10. The molecule has 0 aromatic carbocycles. The Kier molecular flexibility index (Phi) is 8.12. The quantitative estimate of drug-likeness (QED) is 0.577. The van der Waals surface area contributed by atoms with Gasteiger partial charge in [0.1, 0.15) is 12.6 Å². The third-order valence-corrected chi connectivity index (χ3v) is 1.76. The first-order valence-electron chi connectivity index (χ1n) is 4.90. The average Bonchev–Trinajstić information content (AvgIpc) is 2.15. The van der Waals surface area contributed by atoms with Crippen molar-refractivity contribution in [3.05, 3.63) is 0 Å². The van der Waals surface area contributed by atoms with Crippen molar-refractivity contribution >= 4 is 5.97 Å². The van der Waals surface area contributed by atoms with Crippen LogP contribution in [0.15, 0.2) is 0 Å². The first kappa shape index (κ1) is 14.2. The van der Waals surface area contributed by atoms with Gasteiger partial charge in [-0.25, -0.2) is 8.78 Å². The van der Waals surface area contributed by atoms with Crippen LogP contribution in [0.2, 0.25) is 0 Å². The van der Waals surface area contributed by atoms with Crippen molar-refractivity contribution in [3.63, 3.8) is 0 Å². The van der Waals surface area contributed by atoms with Gasteiger partial charge >= 0.3 is 5.97 Å². The van der Waals surface area contributed by atoms with Gasteiger partial charge in [0.05, 0.1) is 6.61 Å². The van der Waals surface area contributed by atoms with Gasteiger partial charge in [-0.05, 0) is 6.42 Å². The summed E-state index contributed by atoms with van der Waals surface area (Å²) in [5.41, 5.74) is 0. The van der Waals surface area contributed by atoms with Gasteiger partial charge in [0.25, 0.3) is 6.43 Å². The highest BCUT2D eigenvalue weighted by molar-refractivity contribution is 5.73. The number of aliphatic carboxylic acids is 1. The van der Waals surface area contributed by atoms with E-state index in [9.17, 15) is 13.6 Å². The van der Waals surface area contributed by atoms with Gasteiger partial charge in [-0.15, -0.1) is 0 Å². The Bertz CT molecular complexity index is 179. The summed E-state index contributed by atoms with van der Waals surface area (Å²) in [7, 11) is 0. The average molecular weight is 225 g/mol. The van der Waals surface area contributed by atoms with Crippen LogP contribution in [0.4, 0.5) is 8.78 Å². The van der Waals surface area contributed by atoms with Crippen LogP contribution in [0.25, 0.3) is 0 Å². The molecule has 1 unspecified atom stereocenters. The lowest BCUT2D eigenvalue weighted by atomic mass is 10.2. The number of ether oxygens (including phenoxy) is 1. The van der Waals surface area contributed by atoms with Crippen LogP contribution in [-0.4, -0.2) is 43.3 Å². The molecule has 0 aromatic rings. The summed E-state index contributed by atoms with van der Waals surface area (Å²) in [5, 5.41) is 11.5. The van der Waals surface area contributed by atoms with Crippen molar-refractivity contribution in [2.45, 2.75) is 32.2 Å². The molecule has 0 aliphatic rings. The topological polar surface area (TPSA) is 58.6 Å². The molecular formula is C9H17F2NO3. The molecule has 0 aliphatic heterocycles. The maximum Gasteiger partial charge on any atom is 0.320 e. The summed E-state index contributed by atoms with van der Waals surface area (Å²) in [5.74, 6) is -0.925. The summed E-state index contributed by atoms with van der Waals surface area (Å²) in [6.07, 6.45) is -1.21. The van der Waals surface area contributed by atoms with E-state index < -0.39 is 25.0 Å². The van der Waals surface area contributed by atoms with Gasteiger partial charge in [0, 0.05) is 6.54 Å². The molecule has 0 radical (unpaired) electrons. The summed E-state index contributed by atoms with van der Waals surface area (Å²) in [4.78, 5) is 10.6. The zero-order chi connectivity index (χ0) is 11.7. The van der Waals surface area contributed by atoms with Crippen molar-refractivity contribution in [1.29, 1.82) is 0 Å². The van der Waals surface area contributed by atoms with Crippen LogP contribution >= 0.6 is 0 Å². The molecule has 0 spiro atoms. The van der Waals surface area contributed by atoms with Crippen molar-refractivity contribution in [1.82, 2.24) is 5.32 Å². The molecule has 6 heteroatoms. The summed E-state index contributed by atoms with van der Waals surface area (Å²) in [6.45, 7) is 1.64. The number of nitrogens with one attached hydrogen (secondary N) is 1. The maximum atomic E-state index is 11.6. The molecule has 0 aromatic heterocycles. The number of rotatable bonds is 9. The maximum absolute atomic E-state index is 11.6. The summed E-state index contributed by atoms with van der Waals surface area (Å²) < 4.78 is 27.9. The standard InChI is InChI=1S/C9H17F2NO3/c1-2-3-7(9(13)14)12-4-5-15-6-8(10)11/h7-8,12H,2-6H2,1H3,(H,13,14). The minimum atomic E-state index is -2.48. The number of hydrogen-bond acceptors (Lipinski definition) is 3. The number of alkyl halides is 2. The first-order chi connectivity index (χ1) is 7.07. The van der Waals surface area contributed by atoms with Gasteiger partial charge in [0.15, 0.2) is 0 Å². The second-order valence-electron chi connectivity index (χ2n) is 3.10. The lowest BCUT2D eigenvalue weighted by Crippen LogP contribution is -2.38. The monoisotopic (exact) mass is 225 g/mol. The van der Waals surface area contributed by atoms with Gasteiger partial charge < -0.3 is 15.2 Å². The molecule has 15 heavy (non-hydrogen) atoms. The third-order valence-electron chi connectivity index (χ3n) is 1.76. The molecule has 1 atom stereocenters. The van der Waals surface area contributed by atoms with Crippen molar-refractivity contribution in [2.75, 3.05) is 19.8 Å². The van der Waals surface area contributed by atoms with E-state index >= 15 is 0 Å². The fourth-order valence-electron chi connectivity index (χ4n) is 1.08. The number of carboxylic acid groups (broad SMARTS) is 1. The summed E-state index contributed by atoms with van der Waals surface area (Å²) >= 11 is 0. The predicted octanol–water partition coefficient (Wildman–Crippen LogP) is 1.11. The Morgan fingerprint density at radius 3 is 2.67 bits per heavy atom. The number of carbonyl (C=O) groups is 1. The highest BCUT2D eigenvalue weighted by Gasteiger charge is 2.14. The van der Waals surface area contributed by atoms with Crippen LogP contribution in [0.3, 0.4) is 0 Å². The Hall–Kier alpha value is -0.750. The molecule has 2 N–H and O–H groups in total. The first-order valence-corrected chi connectivity index (χ1v) is 4.90. The van der Waals surface area contributed by atoms with E-state index in [1.54, 1.807) is 0 Å². The number of hydrogen-bond donors (Lipinski definition) is 2. The smallest absolute Gasteiger partial charge is 0.320 e. The van der Waals surface area contributed by atoms with Crippen molar-refractivity contribution in [3.8, 4) is 0 Å². The highest BCUT2D eigenvalue weighted by Crippen LogP contribution is 1.96. The van der Waals surface area contributed by atoms with Crippen molar-refractivity contribution < 1.29 is 23.4 Å². The zero-order valence-electron chi connectivity index (χ0n) is 8.71. The molecule has 4 nitrogen and oxygen atoms in total. The third kappa shape index (κ3) is 8.26. The Labute approximate surface area is 87.6 Å². The zero-order valence-corrected chi connectivity index (χ0v) is 8.71.